The van der Waals surface area contributed by atoms with E-state index < -0.39 is 0 Å². The molecule has 1 fully saturated rings. The van der Waals surface area contributed by atoms with E-state index in [0.29, 0.717) is 17.9 Å². The third-order valence-corrected chi connectivity index (χ3v) is 3.97. The molecule has 0 saturated heterocycles. The van der Waals surface area contributed by atoms with Crippen LogP contribution in [0.5, 0.6) is 0 Å². The number of hydrogen-bond donors (Lipinski definition) is 2. The standard InChI is InChI=1S/C13H16Cl2N2O2/c1-2-19-9-5-8(6-9)17-13(18)7-3-10(14)12(15)11(16)4-7/h3-4,8-9H,2,5-6,16H2,1H3,(H,17,18). The fourth-order valence-corrected chi connectivity index (χ4v) is 2.40. The molecule has 0 heterocycles. The highest BCUT2D eigenvalue weighted by Gasteiger charge is 2.30. The van der Waals surface area contributed by atoms with Gasteiger partial charge in [0.15, 0.2) is 0 Å². The molecule has 4 nitrogen and oxygen atoms in total. The lowest BCUT2D eigenvalue weighted by Gasteiger charge is -2.35. The molecular weight excluding hydrogens is 287 g/mol. The van der Waals surface area contributed by atoms with Gasteiger partial charge < -0.3 is 15.8 Å². The highest BCUT2D eigenvalue weighted by molar-refractivity contribution is 6.43. The van der Waals surface area contributed by atoms with Gasteiger partial charge in [-0.2, -0.15) is 0 Å². The fraction of sp³-hybridized carbons (Fsp3) is 0.462. The van der Waals surface area contributed by atoms with E-state index in [1.807, 2.05) is 6.92 Å². The second kappa shape index (κ2) is 5.99. The van der Waals surface area contributed by atoms with E-state index in [9.17, 15) is 4.79 Å². The van der Waals surface area contributed by atoms with Crippen molar-refractivity contribution in [3.05, 3.63) is 27.7 Å². The molecule has 0 aromatic heterocycles. The smallest absolute Gasteiger partial charge is 0.251 e. The van der Waals surface area contributed by atoms with Crippen LogP contribution in [0.2, 0.25) is 10.0 Å². The number of nitrogens with one attached hydrogen (secondary N) is 1. The van der Waals surface area contributed by atoms with Crippen molar-refractivity contribution in [2.45, 2.75) is 31.9 Å². The Morgan fingerprint density at radius 3 is 2.74 bits per heavy atom. The molecule has 1 amide bonds. The van der Waals surface area contributed by atoms with E-state index in [-0.39, 0.29) is 28.1 Å². The summed E-state index contributed by atoms with van der Waals surface area (Å²) in [5.41, 5.74) is 6.41. The number of carbonyl (C=O) groups excluding carboxylic acids is 1. The Morgan fingerprint density at radius 2 is 2.16 bits per heavy atom. The Bertz CT molecular complexity index is 465. The van der Waals surface area contributed by atoms with Gasteiger partial charge in [-0.15, -0.1) is 0 Å². The maximum Gasteiger partial charge on any atom is 0.251 e. The van der Waals surface area contributed by atoms with Crippen LogP contribution in [0.15, 0.2) is 12.1 Å². The number of anilines is 1. The summed E-state index contributed by atoms with van der Waals surface area (Å²) in [5, 5.41) is 3.48. The third kappa shape index (κ3) is 3.32. The average molecular weight is 303 g/mol. The van der Waals surface area contributed by atoms with Gasteiger partial charge in [0.05, 0.1) is 21.8 Å². The number of benzene rings is 1. The SMILES string of the molecule is CCOC1CC(NC(=O)c2cc(N)c(Cl)c(Cl)c2)C1. The van der Waals surface area contributed by atoms with Gasteiger partial charge in [-0.05, 0) is 31.9 Å². The molecule has 1 aromatic carbocycles. The van der Waals surface area contributed by atoms with Gasteiger partial charge >= 0.3 is 0 Å². The Labute approximate surface area is 122 Å². The largest absolute Gasteiger partial charge is 0.397 e. The van der Waals surface area contributed by atoms with E-state index >= 15 is 0 Å². The van der Waals surface area contributed by atoms with Crippen molar-refractivity contribution in [1.29, 1.82) is 0 Å². The topological polar surface area (TPSA) is 64.3 Å². The molecular formula is C13H16Cl2N2O2. The van der Waals surface area contributed by atoms with Crippen molar-refractivity contribution in [2.75, 3.05) is 12.3 Å². The minimum atomic E-state index is -0.190. The average Bonchev–Trinajstić information content (AvgIpc) is 2.32. The van der Waals surface area contributed by atoms with Gasteiger partial charge in [-0.3, -0.25) is 4.79 Å². The van der Waals surface area contributed by atoms with Crippen LogP contribution in [0.1, 0.15) is 30.1 Å². The molecule has 6 heteroatoms. The first-order valence-corrected chi connectivity index (χ1v) is 6.93. The summed E-state index contributed by atoms with van der Waals surface area (Å²) < 4.78 is 5.44. The zero-order valence-electron chi connectivity index (χ0n) is 10.6. The Hall–Kier alpha value is -0.970. The molecule has 0 unspecified atom stereocenters. The Morgan fingerprint density at radius 1 is 1.47 bits per heavy atom. The van der Waals surface area contributed by atoms with Crippen molar-refractivity contribution < 1.29 is 9.53 Å². The van der Waals surface area contributed by atoms with Crippen molar-refractivity contribution in [2.24, 2.45) is 0 Å². The van der Waals surface area contributed by atoms with Crippen LogP contribution in [0.4, 0.5) is 5.69 Å². The zero-order valence-corrected chi connectivity index (χ0v) is 12.1. The molecule has 0 aliphatic heterocycles. The number of rotatable bonds is 4. The van der Waals surface area contributed by atoms with E-state index in [1.54, 1.807) is 0 Å². The molecule has 19 heavy (non-hydrogen) atoms. The van der Waals surface area contributed by atoms with E-state index in [1.165, 1.54) is 12.1 Å². The molecule has 0 spiro atoms. The van der Waals surface area contributed by atoms with E-state index in [4.69, 9.17) is 33.7 Å². The molecule has 1 aliphatic rings. The molecule has 1 aromatic rings. The molecule has 0 bridgehead atoms. The predicted octanol–water partition coefficient (Wildman–Crippen LogP) is 2.87. The highest BCUT2D eigenvalue weighted by Crippen LogP contribution is 2.30. The molecule has 104 valence electrons. The van der Waals surface area contributed by atoms with Crippen molar-refractivity contribution >= 4 is 34.8 Å². The number of carbonyl (C=O) groups is 1. The van der Waals surface area contributed by atoms with Crippen molar-refractivity contribution in [3.8, 4) is 0 Å². The van der Waals surface area contributed by atoms with Crippen LogP contribution in [0, 0.1) is 0 Å². The number of nitrogens with two attached hydrogens (primary N) is 1. The minimum Gasteiger partial charge on any atom is -0.397 e. The normalized spacial score (nSPS) is 21.8. The predicted molar refractivity (Wildman–Crippen MR) is 76.8 cm³/mol. The lowest BCUT2D eigenvalue weighted by molar-refractivity contribution is -0.00862. The second-order valence-electron chi connectivity index (χ2n) is 4.58. The zero-order chi connectivity index (χ0) is 14.0. The fourth-order valence-electron chi connectivity index (χ4n) is 2.07. The van der Waals surface area contributed by atoms with Gasteiger partial charge in [0, 0.05) is 18.2 Å². The number of halogens is 2. The van der Waals surface area contributed by atoms with Crippen LogP contribution in [-0.4, -0.2) is 24.7 Å². The maximum atomic E-state index is 12.0. The number of hydrogen-bond acceptors (Lipinski definition) is 3. The summed E-state index contributed by atoms with van der Waals surface area (Å²) in [7, 11) is 0. The van der Waals surface area contributed by atoms with Crippen LogP contribution < -0.4 is 11.1 Å². The Balaban J connectivity index is 1.94. The lowest BCUT2D eigenvalue weighted by atomic mass is 9.89. The summed E-state index contributed by atoms with van der Waals surface area (Å²) in [5.74, 6) is -0.190. The molecule has 1 aliphatic carbocycles. The minimum absolute atomic E-state index is 0.153. The first-order chi connectivity index (χ1) is 9.01. The summed E-state index contributed by atoms with van der Waals surface area (Å²) >= 11 is 11.7. The second-order valence-corrected chi connectivity index (χ2v) is 5.37. The highest BCUT2D eigenvalue weighted by atomic mass is 35.5. The van der Waals surface area contributed by atoms with Crippen molar-refractivity contribution in [3.63, 3.8) is 0 Å². The Kier molecular flexibility index (Phi) is 4.55. The monoisotopic (exact) mass is 302 g/mol. The number of nitrogen functional groups attached to an aromatic ring is 1. The summed E-state index contributed by atoms with van der Waals surface area (Å²) in [6, 6.07) is 3.20. The van der Waals surface area contributed by atoms with Crippen LogP contribution in [0.3, 0.4) is 0 Å². The number of ether oxygens (including phenoxy) is 1. The van der Waals surface area contributed by atoms with Gasteiger partial charge in [0.25, 0.3) is 5.91 Å². The third-order valence-electron chi connectivity index (χ3n) is 3.15. The summed E-state index contributed by atoms with van der Waals surface area (Å²) in [4.78, 5) is 12.0. The summed E-state index contributed by atoms with van der Waals surface area (Å²) in [6.07, 6.45) is 1.95. The lowest BCUT2D eigenvalue weighted by Crippen LogP contribution is -2.47. The summed E-state index contributed by atoms with van der Waals surface area (Å²) in [6.45, 7) is 2.67. The molecule has 0 atom stereocenters. The van der Waals surface area contributed by atoms with Gasteiger partial charge in [0.2, 0.25) is 0 Å². The van der Waals surface area contributed by atoms with E-state index in [2.05, 4.69) is 5.32 Å². The maximum absolute atomic E-state index is 12.0. The quantitative estimate of drug-likeness (QED) is 0.841. The van der Waals surface area contributed by atoms with E-state index in [0.717, 1.165) is 12.8 Å². The van der Waals surface area contributed by atoms with Crippen LogP contribution in [-0.2, 0) is 4.74 Å². The first kappa shape index (κ1) is 14.4. The molecule has 1 saturated carbocycles. The van der Waals surface area contributed by atoms with Gasteiger partial charge in [0.1, 0.15) is 0 Å². The molecule has 2 rings (SSSR count). The van der Waals surface area contributed by atoms with Crippen LogP contribution >= 0.6 is 23.2 Å². The molecule has 3 N–H and O–H groups in total. The van der Waals surface area contributed by atoms with Gasteiger partial charge in [-0.1, -0.05) is 23.2 Å². The van der Waals surface area contributed by atoms with Crippen molar-refractivity contribution in [1.82, 2.24) is 5.32 Å². The first-order valence-electron chi connectivity index (χ1n) is 6.18. The molecule has 0 radical (unpaired) electrons. The number of amides is 1. The van der Waals surface area contributed by atoms with Crippen LogP contribution in [0.25, 0.3) is 0 Å². The van der Waals surface area contributed by atoms with Gasteiger partial charge in [-0.25, -0.2) is 0 Å².